The van der Waals surface area contributed by atoms with Crippen LogP contribution in [0.4, 0.5) is 0 Å². The summed E-state index contributed by atoms with van der Waals surface area (Å²) in [4.78, 5) is 7.42. The van der Waals surface area contributed by atoms with Gasteiger partial charge in [-0.05, 0) is 38.8 Å². The van der Waals surface area contributed by atoms with Crippen LogP contribution in [-0.4, -0.2) is 66.6 Å². The Balaban J connectivity index is 1.33. The minimum atomic E-state index is -3.52. The third-order valence-corrected chi connectivity index (χ3v) is 8.68. The molecule has 2 aromatic carbocycles. The van der Waals surface area contributed by atoms with E-state index in [4.69, 9.17) is 14.5 Å². The highest BCUT2D eigenvalue weighted by atomic mass is 32.2. The SMILES string of the molecule is Cc1cc(C)c(S(=O)(=O)N2CCN(Cn3c(C)nc4cc5c(cc43)OCCO5)CC2)c(C)c1. The molecule has 1 fully saturated rings. The molecule has 3 heterocycles. The average Bonchev–Trinajstić information content (AvgIpc) is 3.05. The molecule has 0 N–H and O–H groups in total. The van der Waals surface area contributed by atoms with E-state index in [2.05, 4.69) is 9.47 Å². The summed E-state index contributed by atoms with van der Waals surface area (Å²) < 4.78 is 42.0. The molecule has 0 saturated carbocycles. The van der Waals surface area contributed by atoms with Crippen molar-refractivity contribution in [3.8, 4) is 11.5 Å². The van der Waals surface area contributed by atoms with Gasteiger partial charge >= 0.3 is 0 Å². The normalized spacial score (nSPS) is 17.6. The van der Waals surface area contributed by atoms with Crippen molar-refractivity contribution < 1.29 is 17.9 Å². The van der Waals surface area contributed by atoms with Crippen LogP contribution in [0.2, 0.25) is 0 Å². The Morgan fingerprint density at radius 1 is 0.879 bits per heavy atom. The number of hydrogen-bond acceptors (Lipinski definition) is 6. The number of benzene rings is 2. The van der Waals surface area contributed by atoms with E-state index < -0.39 is 10.0 Å². The standard InChI is InChI=1S/C24H30N4O4S/c1-16-11-17(2)24(18(3)12-16)33(29,30)27-7-5-26(6-8-27)15-28-19(4)25-20-13-22-23(14-21(20)28)32-10-9-31-22/h11-14H,5-10,15H2,1-4H3. The van der Waals surface area contributed by atoms with Crippen molar-refractivity contribution in [3.63, 3.8) is 0 Å². The lowest BCUT2D eigenvalue weighted by Crippen LogP contribution is -2.49. The van der Waals surface area contributed by atoms with E-state index in [0.717, 1.165) is 45.0 Å². The van der Waals surface area contributed by atoms with E-state index in [9.17, 15) is 8.42 Å². The number of nitrogens with zero attached hydrogens (tertiary/aromatic N) is 4. The van der Waals surface area contributed by atoms with Crippen LogP contribution in [-0.2, 0) is 16.7 Å². The number of sulfonamides is 1. The van der Waals surface area contributed by atoms with Gasteiger partial charge in [0.25, 0.3) is 0 Å². The second-order valence-electron chi connectivity index (χ2n) is 8.96. The maximum atomic E-state index is 13.4. The molecule has 0 atom stereocenters. The highest BCUT2D eigenvalue weighted by molar-refractivity contribution is 7.89. The molecule has 3 aromatic rings. The minimum Gasteiger partial charge on any atom is -0.486 e. The predicted octanol–water partition coefficient (Wildman–Crippen LogP) is 3.01. The summed E-state index contributed by atoms with van der Waals surface area (Å²) in [5.41, 5.74) is 4.57. The van der Waals surface area contributed by atoms with E-state index in [0.29, 0.717) is 51.0 Å². The second kappa shape index (κ2) is 8.30. The maximum absolute atomic E-state index is 13.4. The zero-order valence-corrected chi connectivity index (χ0v) is 20.4. The van der Waals surface area contributed by atoms with Gasteiger partial charge in [0, 0.05) is 38.3 Å². The summed E-state index contributed by atoms with van der Waals surface area (Å²) in [5, 5.41) is 0. The number of fused-ring (bicyclic) bond motifs is 2. The zero-order valence-electron chi connectivity index (χ0n) is 19.6. The molecule has 0 unspecified atom stereocenters. The number of aromatic nitrogens is 2. The van der Waals surface area contributed by atoms with Crippen molar-refractivity contribution in [2.75, 3.05) is 39.4 Å². The fraction of sp³-hybridized carbons (Fsp3) is 0.458. The predicted molar refractivity (Wildman–Crippen MR) is 126 cm³/mol. The Morgan fingerprint density at radius 2 is 1.48 bits per heavy atom. The third-order valence-electron chi connectivity index (χ3n) is 6.48. The molecule has 33 heavy (non-hydrogen) atoms. The molecule has 0 spiro atoms. The lowest BCUT2D eigenvalue weighted by Gasteiger charge is -2.35. The first-order valence-electron chi connectivity index (χ1n) is 11.3. The van der Waals surface area contributed by atoms with E-state index in [-0.39, 0.29) is 0 Å². The molecule has 2 aliphatic heterocycles. The van der Waals surface area contributed by atoms with Gasteiger partial charge in [-0.1, -0.05) is 17.7 Å². The van der Waals surface area contributed by atoms with Crippen LogP contribution in [0.5, 0.6) is 11.5 Å². The quantitative estimate of drug-likeness (QED) is 0.584. The van der Waals surface area contributed by atoms with Gasteiger partial charge in [0.05, 0.1) is 22.6 Å². The van der Waals surface area contributed by atoms with Crippen LogP contribution < -0.4 is 9.47 Å². The zero-order chi connectivity index (χ0) is 23.3. The Kier molecular flexibility index (Phi) is 5.58. The number of piperazine rings is 1. The molecule has 0 aliphatic carbocycles. The number of aryl methyl sites for hydroxylation is 4. The molecular weight excluding hydrogens is 440 g/mol. The molecule has 1 saturated heterocycles. The van der Waals surface area contributed by atoms with Crippen molar-refractivity contribution in [1.29, 1.82) is 0 Å². The first-order valence-corrected chi connectivity index (χ1v) is 12.7. The highest BCUT2D eigenvalue weighted by Crippen LogP contribution is 2.35. The Morgan fingerprint density at radius 3 is 2.12 bits per heavy atom. The number of imidazole rings is 1. The molecule has 176 valence electrons. The Bertz CT molecular complexity index is 1300. The highest BCUT2D eigenvalue weighted by Gasteiger charge is 2.31. The van der Waals surface area contributed by atoms with Crippen molar-refractivity contribution in [2.45, 2.75) is 39.3 Å². The van der Waals surface area contributed by atoms with Gasteiger partial charge < -0.3 is 14.0 Å². The molecule has 0 amide bonds. The fourth-order valence-electron chi connectivity index (χ4n) is 4.97. The van der Waals surface area contributed by atoms with Gasteiger partial charge in [0.1, 0.15) is 19.0 Å². The number of rotatable bonds is 4. The van der Waals surface area contributed by atoms with E-state index >= 15 is 0 Å². The molecular formula is C24H30N4O4S. The topological polar surface area (TPSA) is 76.9 Å². The lowest BCUT2D eigenvalue weighted by atomic mass is 10.1. The molecule has 8 nitrogen and oxygen atoms in total. The Hall–Kier alpha value is -2.62. The molecule has 9 heteroatoms. The van der Waals surface area contributed by atoms with Crippen LogP contribution in [0.15, 0.2) is 29.2 Å². The van der Waals surface area contributed by atoms with Gasteiger partial charge in [0.2, 0.25) is 10.0 Å². The van der Waals surface area contributed by atoms with Crippen LogP contribution in [0.3, 0.4) is 0 Å². The van der Waals surface area contributed by atoms with Crippen LogP contribution in [0, 0.1) is 27.7 Å². The summed E-state index contributed by atoms with van der Waals surface area (Å²) >= 11 is 0. The third kappa shape index (κ3) is 3.98. The minimum absolute atomic E-state index is 0.449. The molecule has 0 bridgehead atoms. The summed E-state index contributed by atoms with van der Waals surface area (Å²) in [6.07, 6.45) is 0. The maximum Gasteiger partial charge on any atom is 0.243 e. The number of ether oxygens (including phenoxy) is 2. The van der Waals surface area contributed by atoms with Gasteiger partial charge in [-0.15, -0.1) is 0 Å². The van der Waals surface area contributed by atoms with E-state index in [1.165, 1.54) is 0 Å². The first-order chi connectivity index (χ1) is 15.7. The van der Waals surface area contributed by atoms with Crippen LogP contribution >= 0.6 is 0 Å². The first kappa shape index (κ1) is 22.2. The molecule has 5 rings (SSSR count). The lowest BCUT2D eigenvalue weighted by molar-refractivity contribution is 0.153. The number of hydrogen-bond donors (Lipinski definition) is 0. The molecule has 1 aromatic heterocycles. The second-order valence-corrected chi connectivity index (χ2v) is 10.8. The van der Waals surface area contributed by atoms with Gasteiger partial charge in [-0.25, -0.2) is 13.4 Å². The summed E-state index contributed by atoms with van der Waals surface area (Å²) in [6, 6.07) is 7.81. The summed E-state index contributed by atoms with van der Waals surface area (Å²) in [7, 11) is -3.52. The molecule has 2 aliphatic rings. The van der Waals surface area contributed by atoms with Crippen molar-refractivity contribution in [2.24, 2.45) is 0 Å². The summed E-state index contributed by atoms with van der Waals surface area (Å²) in [6.45, 7) is 11.7. The van der Waals surface area contributed by atoms with Crippen molar-refractivity contribution in [3.05, 3.63) is 46.8 Å². The molecule has 0 radical (unpaired) electrons. The Labute approximate surface area is 194 Å². The average molecular weight is 471 g/mol. The van der Waals surface area contributed by atoms with Crippen molar-refractivity contribution >= 4 is 21.1 Å². The van der Waals surface area contributed by atoms with Crippen LogP contribution in [0.25, 0.3) is 11.0 Å². The monoisotopic (exact) mass is 470 g/mol. The van der Waals surface area contributed by atoms with Crippen LogP contribution in [0.1, 0.15) is 22.5 Å². The van der Waals surface area contributed by atoms with Crippen molar-refractivity contribution in [1.82, 2.24) is 18.8 Å². The fourth-order valence-corrected chi connectivity index (χ4v) is 6.81. The van der Waals surface area contributed by atoms with Gasteiger partial charge in [-0.3, -0.25) is 4.90 Å². The van der Waals surface area contributed by atoms with Gasteiger partial charge in [-0.2, -0.15) is 4.31 Å². The van der Waals surface area contributed by atoms with E-state index in [1.807, 2.05) is 52.0 Å². The van der Waals surface area contributed by atoms with Gasteiger partial charge in [0.15, 0.2) is 11.5 Å². The largest absolute Gasteiger partial charge is 0.486 e. The van der Waals surface area contributed by atoms with E-state index in [1.54, 1.807) is 4.31 Å². The smallest absolute Gasteiger partial charge is 0.243 e. The summed E-state index contributed by atoms with van der Waals surface area (Å²) in [5.74, 6) is 2.39.